The molecule has 0 aliphatic carbocycles. The van der Waals surface area contributed by atoms with Crippen LogP contribution in [0.5, 0.6) is 0 Å². The average molecular weight is 389 g/mol. The van der Waals surface area contributed by atoms with Gasteiger partial charge < -0.3 is 15.6 Å². The molecule has 1 amide bonds. The summed E-state index contributed by atoms with van der Waals surface area (Å²) in [6.07, 6.45) is 7.19. The summed E-state index contributed by atoms with van der Waals surface area (Å²) in [5, 5.41) is 7.48. The third-order valence-electron chi connectivity index (χ3n) is 4.71. The van der Waals surface area contributed by atoms with Crippen LogP contribution in [-0.2, 0) is 4.79 Å². The number of rotatable bonds is 12. The highest BCUT2D eigenvalue weighted by atomic mass is 32.1. The number of para-hydroxylation sites is 1. The van der Waals surface area contributed by atoms with E-state index < -0.39 is 0 Å². The molecule has 0 saturated carbocycles. The number of fused-ring (bicyclic) bond motifs is 1. The molecule has 0 aliphatic rings. The Morgan fingerprint density at radius 2 is 2.04 bits per heavy atom. The van der Waals surface area contributed by atoms with Crippen molar-refractivity contribution >= 4 is 34.8 Å². The minimum Gasteiger partial charge on any atom is -0.369 e. The van der Waals surface area contributed by atoms with E-state index in [1.807, 2.05) is 24.3 Å². The number of aromatic amines is 1. The van der Waals surface area contributed by atoms with E-state index in [1.54, 1.807) is 0 Å². The third-order valence-corrected chi connectivity index (χ3v) is 4.90. The van der Waals surface area contributed by atoms with Crippen LogP contribution in [0.1, 0.15) is 58.8 Å². The second kappa shape index (κ2) is 11.7. The van der Waals surface area contributed by atoms with Crippen molar-refractivity contribution in [1.82, 2.24) is 15.3 Å². The van der Waals surface area contributed by atoms with Crippen LogP contribution in [0.15, 0.2) is 24.3 Å². The molecule has 3 N–H and O–H groups in total. The predicted molar refractivity (Wildman–Crippen MR) is 116 cm³/mol. The van der Waals surface area contributed by atoms with Crippen molar-refractivity contribution in [3.63, 3.8) is 0 Å². The summed E-state index contributed by atoms with van der Waals surface area (Å²) in [6.45, 7) is 6.03. The molecule has 2 aromatic rings. The molecule has 0 saturated heterocycles. The van der Waals surface area contributed by atoms with Crippen LogP contribution in [0.4, 0.5) is 5.82 Å². The molecule has 0 radical (unpaired) electrons. The van der Waals surface area contributed by atoms with Crippen molar-refractivity contribution in [3.8, 4) is 0 Å². The summed E-state index contributed by atoms with van der Waals surface area (Å²) in [7, 11) is 0. The maximum absolute atomic E-state index is 11.9. The minimum atomic E-state index is 0.174. The average Bonchev–Trinajstić information content (AvgIpc) is 2.67. The van der Waals surface area contributed by atoms with Gasteiger partial charge in [0.05, 0.1) is 5.52 Å². The van der Waals surface area contributed by atoms with Crippen LogP contribution in [-0.4, -0.2) is 29.0 Å². The first-order valence-corrected chi connectivity index (χ1v) is 10.5. The molecular weight excluding hydrogens is 356 g/mol. The number of nitrogens with one attached hydrogen (secondary N) is 3. The quantitative estimate of drug-likeness (QED) is 0.345. The highest BCUT2D eigenvalue weighted by Crippen LogP contribution is 2.19. The van der Waals surface area contributed by atoms with Crippen LogP contribution in [0.3, 0.4) is 0 Å². The zero-order chi connectivity index (χ0) is 19.5. The number of H-pyrrole nitrogens is 1. The Morgan fingerprint density at radius 1 is 1.22 bits per heavy atom. The normalized spacial score (nSPS) is 12.1. The molecule has 1 heterocycles. The fraction of sp³-hybridized carbons (Fsp3) is 0.571. The van der Waals surface area contributed by atoms with E-state index >= 15 is 0 Å². The molecule has 1 aromatic carbocycles. The van der Waals surface area contributed by atoms with Crippen molar-refractivity contribution in [2.75, 3.05) is 18.4 Å². The summed E-state index contributed by atoms with van der Waals surface area (Å²) in [4.78, 5) is 19.4. The van der Waals surface area contributed by atoms with Crippen molar-refractivity contribution in [2.24, 2.45) is 5.92 Å². The number of aromatic nitrogens is 2. The number of hydrogen-bond donors (Lipinski definition) is 3. The van der Waals surface area contributed by atoms with Crippen LogP contribution in [0.2, 0.25) is 0 Å². The highest BCUT2D eigenvalue weighted by molar-refractivity contribution is 7.71. The first-order chi connectivity index (χ1) is 13.1. The van der Waals surface area contributed by atoms with Gasteiger partial charge in [-0.3, -0.25) is 4.79 Å². The molecule has 2 rings (SSSR count). The first-order valence-electron chi connectivity index (χ1n) is 10.1. The smallest absolute Gasteiger partial charge is 0.220 e. The predicted octanol–water partition coefficient (Wildman–Crippen LogP) is 5.21. The van der Waals surface area contributed by atoms with E-state index in [0.29, 0.717) is 17.1 Å². The van der Waals surface area contributed by atoms with Crippen LogP contribution in [0.25, 0.3) is 10.9 Å². The molecule has 1 atom stereocenters. The van der Waals surface area contributed by atoms with Crippen molar-refractivity contribution in [1.29, 1.82) is 0 Å². The van der Waals surface area contributed by atoms with Crippen molar-refractivity contribution in [3.05, 3.63) is 29.0 Å². The molecular formula is C21H32N4OS. The van der Waals surface area contributed by atoms with Gasteiger partial charge in [-0.2, -0.15) is 0 Å². The van der Waals surface area contributed by atoms with Gasteiger partial charge in [-0.25, -0.2) is 4.98 Å². The Hall–Kier alpha value is -1.95. The minimum absolute atomic E-state index is 0.174. The molecule has 27 heavy (non-hydrogen) atoms. The third kappa shape index (κ3) is 7.67. The molecule has 5 nitrogen and oxygen atoms in total. The molecule has 0 spiro atoms. The van der Waals surface area contributed by atoms with Crippen molar-refractivity contribution in [2.45, 2.75) is 58.8 Å². The highest BCUT2D eigenvalue weighted by Gasteiger charge is 2.06. The number of carbonyl (C=O) groups excluding carboxylic acids is 1. The summed E-state index contributed by atoms with van der Waals surface area (Å²) >= 11 is 5.19. The Balaban J connectivity index is 1.63. The standard InChI is InChI=1S/C21H32N4OS/c1-3-4-10-16(2)15-23-19(26)13-6-5-9-14-22-20-17-11-7-8-12-18(17)24-21(27)25-20/h7-8,11-12,16H,3-6,9-10,13-15H2,1-2H3,(H,23,26)(H2,22,24,25,27). The Labute approximate surface area is 167 Å². The Bertz CT molecular complexity index is 774. The van der Waals surface area contributed by atoms with E-state index in [0.717, 1.165) is 49.1 Å². The number of benzene rings is 1. The number of hydrogen-bond acceptors (Lipinski definition) is 4. The molecule has 0 aliphatic heterocycles. The van der Waals surface area contributed by atoms with Crippen LogP contribution < -0.4 is 10.6 Å². The van der Waals surface area contributed by atoms with Gasteiger partial charge in [0, 0.05) is 24.9 Å². The topological polar surface area (TPSA) is 69.8 Å². The lowest BCUT2D eigenvalue weighted by Crippen LogP contribution is -2.28. The second-order valence-electron chi connectivity index (χ2n) is 7.23. The fourth-order valence-electron chi connectivity index (χ4n) is 3.06. The van der Waals surface area contributed by atoms with E-state index in [-0.39, 0.29) is 5.91 Å². The molecule has 0 fully saturated rings. The molecule has 1 aromatic heterocycles. The zero-order valence-electron chi connectivity index (χ0n) is 16.5. The number of anilines is 1. The molecule has 148 valence electrons. The van der Waals surface area contributed by atoms with Gasteiger partial charge in [-0.05, 0) is 49.5 Å². The van der Waals surface area contributed by atoms with Gasteiger partial charge >= 0.3 is 0 Å². The summed E-state index contributed by atoms with van der Waals surface area (Å²) in [6, 6.07) is 8.00. The number of unbranched alkanes of at least 4 members (excludes halogenated alkanes) is 3. The lowest BCUT2D eigenvalue weighted by atomic mass is 10.0. The van der Waals surface area contributed by atoms with Crippen LogP contribution in [0, 0.1) is 10.7 Å². The van der Waals surface area contributed by atoms with Gasteiger partial charge in [0.15, 0.2) is 4.77 Å². The zero-order valence-corrected chi connectivity index (χ0v) is 17.3. The number of amides is 1. The number of nitrogens with zero attached hydrogens (tertiary/aromatic N) is 1. The first kappa shape index (κ1) is 21.4. The van der Waals surface area contributed by atoms with E-state index in [2.05, 4.69) is 34.4 Å². The lowest BCUT2D eigenvalue weighted by Gasteiger charge is -2.12. The maximum Gasteiger partial charge on any atom is 0.220 e. The lowest BCUT2D eigenvalue weighted by molar-refractivity contribution is -0.121. The Morgan fingerprint density at radius 3 is 2.85 bits per heavy atom. The van der Waals surface area contributed by atoms with Gasteiger partial charge in [0.25, 0.3) is 0 Å². The molecule has 0 bridgehead atoms. The van der Waals surface area contributed by atoms with Crippen molar-refractivity contribution < 1.29 is 4.79 Å². The summed E-state index contributed by atoms with van der Waals surface area (Å²) in [5.74, 6) is 1.57. The van der Waals surface area contributed by atoms with Gasteiger partial charge in [0.1, 0.15) is 5.82 Å². The monoisotopic (exact) mass is 388 g/mol. The largest absolute Gasteiger partial charge is 0.369 e. The van der Waals surface area contributed by atoms with E-state index in [1.165, 1.54) is 19.3 Å². The second-order valence-corrected chi connectivity index (χ2v) is 7.61. The van der Waals surface area contributed by atoms with Gasteiger partial charge in [-0.15, -0.1) is 0 Å². The molecule has 1 unspecified atom stereocenters. The molecule has 6 heteroatoms. The fourth-order valence-corrected chi connectivity index (χ4v) is 3.26. The van der Waals surface area contributed by atoms with E-state index in [9.17, 15) is 4.79 Å². The van der Waals surface area contributed by atoms with Gasteiger partial charge in [0.2, 0.25) is 5.91 Å². The SMILES string of the molecule is CCCCC(C)CNC(=O)CCCCCNc1nc(=S)[nH]c2ccccc12. The maximum atomic E-state index is 11.9. The Kier molecular flexibility index (Phi) is 9.25. The van der Waals surface area contributed by atoms with E-state index in [4.69, 9.17) is 12.2 Å². The summed E-state index contributed by atoms with van der Waals surface area (Å²) in [5.41, 5.74) is 0.991. The van der Waals surface area contributed by atoms with Gasteiger partial charge in [-0.1, -0.05) is 45.2 Å². The summed E-state index contributed by atoms with van der Waals surface area (Å²) < 4.78 is 0.487. The van der Waals surface area contributed by atoms with Crippen LogP contribution >= 0.6 is 12.2 Å². The number of carbonyl (C=O) groups is 1.